The SMILES string of the molecule is CC(=O)OOC(C)=O.COc1cc(-c2cccc(-c3cccc(Nc4nccc5nccnc45)c3C)c2C)cc(F)c1C=O.COc1cc(-c2cccc(-c3cccc(Nc4nccc5nccnc45)c3C)c2C)cc(F)c1CN[C@@H]1CCC[C@@H]1O.N[C@@H]1CCC[C@@H]1O.[B-]OC(C)=O.[Na+]. The molecule has 0 unspecified atom stereocenters. The minimum atomic E-state index is -0.639. The van der Waals surface area contributed by atoms with Crippen molar-refractivity contribution in [3.8, 4) is 56.0 Å². The molecule has 0 spiro atoms. The summed E-state index contributed by atoms with van der Waals surface area (Å²) in [5.41, 5.74) is 22.0. The number of rotatable bonds is 14. The summed E-state index contributed by atoms with van der Waals surface area (Å²) < 4.78 is 44.7. The largest absolute Gasteiger partial charge is 1.00 e. The van der Waals surface area contributed by atoms with Gasteiger partial charge in [-0.2, -0.15) is 0 Å². The van der Waals surface area contributed by atoms with E-state index in [4.69, 9.17) is 20.3 Å². The van der Waals surface area contributed by atoms with Gasteiger partial charge >= 0.3 is 41.5 Å². The maximum atomic E-state index is 15.5. The molecule has 2 saturated carbocycles. The number of hydrogen-bond acceptors (Lipinski definition) is 21. The first kappa shape index (κ1) is 76.7. The van der Waals surface area contributed by atoms with Crippen molar-refractivity contribution in [3.63, 3.8) is 0 Å². The molecule has 0 bridgehead atoms. The third kappa shape index (κ3) is 19.8. The average molecular weight is 1350 g/mol. The minimum Gasteiger partial charge on any atom is -0.793 e. The Balaban J connectivity index is 0.000000217. The Bertz CT molecular complexity index is 4450. The number of hydrogen-bond donors (Lipinski definition) is 6. The summed E-state index contributed by atoms with van der Waals surface area (Å²) in [5.74, 6) is -0.722. The molecule has 7 N–H and O–H groups in total. The predicted molar refractivity (Wildman–Crippen MR) is 373 cm³/mol. The fourth-order valence-electron chi connectivity index (χ4n) is 11.5. The zero-order valence-corrected chi connectivity index (χ0v) is 58.9. The van der Waals surface area contributed by atoms with E-state index in [9.17, 15) is 28.7 Å². The van der Waals surface area contributed by atoms with E-state index >= 15 is 4.39 Å². The number of nitrogens with two attached hydrogens (primary N) is 1. The van der Waals surface area contributed by atoms with E-state index in [0.717, 1.165) is 136 Å². The van der Waals surface area contributed by atoms with Gasteiger partial charge in [-0.1, -0.05) is 60.7 Å². The molecule has 0 aliphatic heterocycles. The Kier molecular flexibility index (Phi) is 28.5. The molecule has 0 amide bonds. The summed E-state index contributed by atoms with van der Waals surface area (Å²) in [7, 11) is 7.31. The summed E-state index contributed by atoms with van der Waals surface area (Å²) in [4.78, 5) is 74.7. The monoisotopic (exact) mass is 1350 g/mol. The molecule has 21 nitrogen and oxygen atoms in total. The van der Waals surface area contributed by atoms with Crippen LogP contribution in [-0.4, -0.2) is 111 Å². The van der Waals surface area contributed by atoms with Crippen LogP contribution in [0.4, 0.5) is 31.8 Å². The van der Waals surface area contributed by atoms with Gasteiger partial charge in [0.15, 0.2) is 17.9 Å². The number of nitrogens with one attached hydrogen (secondary N) is 3. The van der Waals surface area contributed by atoms with Gasteiger partial charge in [0.1, 0.15) is 34.2 Å². The van der Waals surface area contributed by atoms with Crippen molar-refractivity contribution in [1.29, 1.82) is 0 Å². The van der Waals surface area contributed by atoms with Crippen LogP contribution in [0.2, 0.25) is 0 Å². The molecule has 2 aliphatic rings. The number of halogens is 2. The zero-order chi connectivity index (χ0) is 70.6. The van der Waals surface area contributed by atoms with Crippen LogP contribution in [0.3, 0.4) is 0 Å². The van der Waals surface area contributed by atoms with E-state index in [-0.39, 0.29) is 64.9 Å². The number of aldehydes is 1. The van der Waals surface area contributed by atoms with Gasteiger partial charge in [0.2, 0.25) is 5.97 Å². The Morgan fingerprint density at radius 2 is 0.980 bits per heavy atom. The van der Waals surface area contributed by atoms with Gasteiger partial charge in [0.05, 0.1) is 43.0 Å². The number of anilines is 4. The van der Waals surface area contributed by atoms with E-state index in [2.05, 4.69) is 100 Å². The van der Waals surface area contributed by atoms with E-state index in [1.807, 2.05) is 86.6 Å². The number of aromatic nitrogens is 6. The number of nitrogens with zero attached hydrogens (tertiary/aromatic N) is 6. The maximum Gasteiger partial charge on any atom is 1.00 e. The molecule has 10 aromatic rings. The van der Waals surface area contributed by atoms with Crippen LogP contribution in [0, 0.1) is 39.3 Å². The zero-order valence-electron chi connectivity index (χ0n) is 56.9. The molecule has 25 heteroatoms. The topological polar surface area (TPSA) is 294 Å². The first-order valence-electron chi connectivity index (χ1n) is 31.5. The van der Waals surface area contributed by atoms with Crippen LogP contribution < -0.4 is 60.7 Å². The van der Waals surface area contributed by atoms with Crippen molar-refractivity contribution >= 4 is 77.3 Å². The van der Waals surface area contributed by atoms with Crippen LogP contribution in [0.5, 0.6) is 11.5 Å². The Labute approximate surface area is 596 Å². The average Bonchev–Trinajstić information content (AvgIpc) is 1.30. The molecule has 4 atom stereocenters. The van der Waals surface area contributed by atoms with Crippen LogP contribution >= 0.6 is 0 Å². The quantitative estimate of drug-likeness (QED) is 0.0255. The molecule has 4 aromatic heterocycles. The number of ether oxygens (including phenoxy) is 2. The number of carbonyl (C=O) groups is 4. The van der Waals surface area contributed by atoms with Crippen LogP contribution in [0.15, 0.2) is 146 Å². The molecule has 0 saturated heterocycles. The second-order valence-corrected chi connectivity index (χ2v) is 23.1. The van der Waals surface area contributed by atoms with Gasteiger partial charge in [-0.3, -0.25) is 19.6 Å². The summed E-state index contributed by atoms with van der Waals surface area (Å²) >= 11 is 0. The van der Waals surface area contributed by atoms with E-state index < -0.39 is 29.8 Å². The summed E-state index contributed by atoms with van der Waals surface area (Å²) in [5, 5.41) is 29.2. The molecule has 3 radical (unpaired) electrons. The minimum absolute atomic E-state index is 0. The Morgan fingerprint density at radius 1 is 0.556 bits per heavy atom. The number of aliphatic hydroxyl groups is 2. The van der Waals surface area contributed by atoms with Crippen molar-refractivity contribution in [2.45, 2.75) is 118 Å². The molecule has 99 heavy (non-hydrogen) atoms. The number of pyridine rings is 2. The summed E-state index contributed by atoms with van der Waals surface area (Å²) in [6.45, 7) is 12.0. The van der Waals surface area contributed by atoms with E-state index in [0.29, 0.717) is 52.4 Å². The fourth-order valence-corrected chi connectivity index (χ4v) is 11.5. The van der Waals surface area contributed by atoms with Gasteiger partial charge in [-0.05, 0) is 182 Å². The van der Waals surface area contributed by atoms with Gasteiger partial charge in [0, 0.05) is 93.5 Å². The first-order valence-corrected chi connectivity index (χ1v) is 31.5. The smallest absolute Gasteiger partial charge is 0.793 e. The Hall–Kier alpha value is -9.66. The van der Waals surface area contributed by atoms with Crippen molar-refractivity contribution < 1.29 is 91.6 Å². The number of fused-ring (bicyclic) bond motifs is 2. The third-order valence-corrected chi connectivity index (χ3v) is 16.6. The van der Waals surface area contributed by atoms with Crippen molar-refractivity contribution in [2.24, 2.45) is 5.73 Å². The summed E-state index contributed by atoms with van der Waals surface area (Å²) in [6.07, 6.45) is 15.6. The molecule has 4 heterocycles. The molecular weight excluding hydrogens is 1280 g/mol. The van der Waals surface area contributed by atoms with Crippen LogP contribution in [-0.2, 0) is 35.4 Å². The van der Waals surface area contributed by atoms with Gasteiger partial charge in [-0.25, -0.2) is 48.1 Å². The normalized spacial score (nSPS) is 14.9. The molecule has 2 fully saturated rings. The predicted octanol–water partition coefficient (Wildman–Crippen LogP) is 10.1. The van der Waals surface area contributed by atoms with Crippen LogP contribution in [0.25, 0.3) is 66.6 Å². The summed E-state index contributed by atoms with van der Waals surface area (Å²) in [6, 6.07) is 34.4. The van der Waals surface area contributed by atoms with Gasteiger partial charge in [-0.15, -0.1) is 0 Å². The number of benzene rings is 6. The third-order valence-electron chi connectivity index (χ3n) is 16.6. The van der Waals surface area contributed by atoms with Gasteiger partial charge in [0.25, 0.3) is 0 Å². The maximum absolute atomic E-state index is 15.5. The van der Waals surface area contributed by atoms with E-state index in [1.165, 1.54) is 20.1 Å². The molecular formula is C74H77BF2N10NaO11. The fraction of sp³-hybridized carbons (Fsp3) is 0.270. The Morgan fingerprint density at radius 3 is 1.38 bits per heavy atom. The number of methoxy groups -OCH3 is 2. The standard InChI is InChI=1S/C34H34FN5O2.C29H23FN4O2.C5H11NO.C4H6O4.C2H3BO2.Na/c1-20-23(22-17-27(35)26(32(18-22)42-3)19-39-29-11-6-12-31(29)41)7-4-8-24(20)25-9-5-10-28(21(25)2)40-34-33-30(13-14-38-34)36-15-16-37-33;1-17-20(19-14-24(30)23(16-35)27(15-19)36-3)6-4-7-21(17)22-8-5-9-25(18(22)2)34-29-28-26(10-11-33-29)31-12-13-32-28;6-4-2-1-3-5(4)7;1-3(5)7-8-4(2)6;1-2(4)5-3;/h4-5,7-10,13-18,29,31,39,41H,6,11-12,19H2,1-3H3,(H,38,40);4-16H,1-3H3,(H,33,34);4-5,7H,1-3,6H2;1-2H3;1H3;/q;;;;-1;+1/t29-,31+;;4-,5+;;;/m1.1.../s1. The molecule has 507 valence electrons. The first-order chi connectivity index (χ1) is 47.2. The van der Waals surface area contributed by atoms with Crippen molar-refractivity contribution in [1.82, 2.24) is 35.2 Å². The number of carbonyl (C=O) groups excluding carboxylic acids is 4. The molecule has 12 rings (SSSR count). The second-order valence-electron chi connectivity index (χ2n) is 23.1. The van der Waals surface area contributed by atoms with Crippen molar-refractivity contribution in [3.05, 3.63) is 191 Å². The van der Waals surface area contributed by atoms with Gasteiger partial charge < -0.3 is 54.1 Å². The number of aliphatic hydroxyl groups excluding tert-OH is 2. The molecule has 2 aliphatic carbocycles. The second kappa shape index (κ2) is 36.8. The van der Waals surface area contributed by atoms with Crippen molar-refractivity contribution in [2.75, 3.05) is 24.9 Å². The van der Waals surface area contributed by atoms with E-state index in [1.54, 1.807) is 56.4 Å². The molecule has 6 aromatic carbocycles. The van der Waals surface area contributed by atoms with Crippen LogP contribution in [0.1, 0.15) is 97.5 Å².